The number of thioether (sulfide) groups is 1. The first-order valence-corrected chi connectivity index (χ1v) is 30.9. The fraction of sp³-hybridized carbons (Fsp3) is 0.773. The molecule has 5 atom stereocenters. The van der Waals surface area contributed by atoms with E-state index in [1.807, 2.05) is 18.7 Å². The maximum absolute atomic E-state index is 12.2. The van der Waals surface area contributed by atoms with Gasteiger partial charge in [-0.25, -0.2) is 4.98 Å². The summed E-state index contributed by atoms with van der Waals surface area (Å²) in [5.41, 5.74) is 3.53. The molecule has 0 aliphatic heterocycles. The van der Waals surface area contributed by atoms with E-state index in [2.05, 4.69) is 173 Å². The highest BCUT2D eigenvalue weighted by atomic mass is 32.2. The lowest BCUT2D eigenvalue weighted by Crippen LogP contribution is -2.52. The number of allylic oxidation sites excluding steroid dienone is 2. The van der Waals surface area contributed by atoms with Crippen molar-refractivity contribution in [3.63, 3.8) is 0 Å². The first kappa shape index (κ1) is 52.2. The molecule has 0 fully saturated rings. The highest BCUT2D eigenvalue weighted by molar-refractivity contribution is 8.01. The van der Waals surface area contributed by atoms with Gasteiger partial charge in [-0.2, -0.15) is 0 Å². The molecule has 0 spiro atoms. The Kier molecular flexibility index (Phi) is 19.0. The molecular weight excluding hydrogens is 771 g/mol. The number of carboxylic acid groups (broad SMARTS) is 1. The molecule has 11 heteroatoms. The molecule has 1 aromatic rings. The summed E-state index contributed by atoms with van der Waals surface area (Å²) in [6.45, 7) is 49.4. The summed E-state index contributed by atoms with van der Waals surface area (Å²) in [6, 6.07) is 0. The number of aromatic nitrogens is 1. The van der Waals surface area contributed by atoms with Crippen molar-refractivity contribution in [3.05, 3.63) is 45.5 Å². The third-order valence-electron chi connectivity index (χ3n) is 12.4. The summed E-state index contributed by atoms with van der Waals surface area (Å²) in [7, 11) is -6.38. The van der Waals surface area contributed by atoms with Crippen molar-refractivity contribution in [2.24, 2.45) is 5.92 Å². The van der Waals surface area contributed by atoms with Gasteiger partial charge in [-0.3, -0.25) is 4.79 Å². The summed E-state index contributed by atoms with van der Waals surface area (Å²) in [5, 5.41) is 13.4. The van der Waals surface area contributed by atoms with Gasteiger partial charge in [-0.1, -0.05) is 100.0 Å². The zero-order valence-electron chi connectivity index (χ0n) is 39.2. The molecule has 0 amide bonds. The Morgan fingerprint density at radius 2 is 1.35 bits per heavy atom. The second kappa shape index (κ2) is 20.0. The minimum absolute atomic E-state index is 0.00470. The van der Waals surface area contributed by atoms with E-state index in [-0.39, 0.29) is 44.9 Å². The van der Waals surface area contributed by atoms with E-state index in [0.717, 1.165) is 23.5 Å². The van der Waals surface area contributed by atoms with Crippen molar-refractivity contribution in [1.29, 1.82) is 0 Å². The van der Waals surface area contributed by atoms with E-state index in [1.54, 1.807) is 11.3 Å². The Hall–Kier alpha value is -0.799. The third-order valence-corrected chi connectivity index (χ3v) is 28.2. The van der Waals surface area contributed by atoms with Crippen molar-refractivity contribution >= 4 is 60.1 Å². The number of aryl methyl sites for hydroxylation is 1. The van der Waals surface area contributed by atoms with E-state index < -0.39 is 41.8 Å². The fourth-order valence-corrected chi connectivity index (χ4v) is 12.2. The van der Waals surface area contributed by atoms with Crippen molar-refractivity contribution in [1.82, 2.24) is 4.98 Å². The average molecular weight is 855 g/mol. The summed E-state index contributed by atoms with van der Waals surface area (Å²) in [5.74, 6) is -0.668. The molecule has 0 saturated heterocycles. The Morgan fingerprint density at radius 3 is 1.80 bits per heavy atom. The minimum Gasteiger partial charge on any atom is -0.481 e. The molecule has 318 valence electrons. The molecule has 6 nitrogen and oxygen atoms in total. The molecule has 0 aromatic carbocycles. The smallest absolute Gasteiger partial charge is 0.305 e. The molecule has 1 aromatic heterocycles. The SMILES string of the molecule is CC(=CC[C@H](O[Si](C)(C)C(C)(C)C)C(C)=Cc1csc(C)n1)CC=C[C@H](C)[C@H](O[Si](C)(C)C(C)(C)C)[C@@H](C)SC(C)(C)C(CC(=O)O)O[Si](C)(C)C(C)(C)C. The van der Waals surface area contributed by atoms with Gasteiger partial charge in [0.05, 0.1) is 35.4 Å². The zero-order valence-corrected chi connectivity index (χ0v) is 43.9. The topological polar surface area (TPSA) is 77.9 Å². The molecule has 0 saturated carbocycles. The molecular formula is C44H83NO5S2Si3. The van der Waals surface area contributed by atoms with E-state index in [0.29, 0.717) is 0 Å². The van der Waals surface area contributed by atoms with Gasteiger partial charge in [0, 0.05) is 21.3 Å². The minimum atomic E-state index is -2.22. The lowest BCUT2D eigenvalue weighted by molar-refractivity contribution is -0.139. The van der Waals surface area contributed by atoms with Crippen molar-refractivity contribution < 1.29 is 23.2 Å². The Bertz CT molecular complexity index is 1470. The van der Waals surface area contributed by atoms with Crippen LogP contribution in [0.2, 0.25) is 54.4 Å². The van der Waals surface area contributed by atoms with Crippen molar-refractivity contribution in [2.45, 2.75) is 213 Å². The lowest BCUT2D eigenvalue weighted by atomic mass is 10.00. The first-order valence-electron chi connectivity index (χ1n) is 20.4. The van der Waals surface area contributed by atoms with Crippen LogP contribution in [0.25, 0.3) is 6.08 Å². The van der Waals surface area contributed by atoms with Crippen LogP contribution in [-0.4, -0.2) is 69.3 Å². The van der Waals surface area contributed by atoms with E-state index >= 15 is 0 Å². The van der Waals surface area contributed by atoms with Gasteiger partial charge >= 0.3 is 5.97 Å². The number of aliphatic carboxylic acids is 1. The van der Waals surface area contributed by atoms with Gasteiger partial charge in [0.1, 0.15) is 0 Å². The molecule has 0 radical (unpaired) electrons. The second-order valence-electron chi connectivity index (χ2n) is 21.1. The predicted octanol–water partition coefficient (Wildman–Crippen LogP) is 14.3. The van der Waals surface area contributed by atoms with Gasteiger partial charge in [-0.15, -0.1) is 23.1 Å². The van der Waals surface area contributed by atoms with Crippen molar-refractivity contribution in [3.8, 4) is 0 Å². The maximum Gasteiger partial charge on any atom is 0.305 e. The molecule has 1 rings (SSSR count). The number of nitrogens with zero attached hydrogens (tertiary/aromatic N) is 1. The number of carbonyl (C=O) groups is 1. The Labute approximate surface area is 350 Å². The quantitative estimate of drug-likeness (QED) is 0.103. The number of hydrogen-bond acceptors (Lipinski definition) is 7. The molecule has 0 aliphatic carbocycles. The average Bonchev–Trinajstić information content (AvgIpc) is 3.39. The largest absolute Gasteiger partial charge is 0.481 e. The van der Waals surface area contributed by atoms with E-state index in [9.17, 15) is 9.90 Å². The van der Waals surface area contributed by atoms with Gasteiger partial charge in [0.25, 0.3) is 0 Å². The van der Waals surface area contributed by atoms with Crippen LogP contribution in [0.1, 0.15) is 134 Å². The fourth-order valence-electron chi connectivity index (χ4n) is 5.49. The monoisotopic (exact) mass is 854 g/mol. The summed E-state index contributed by atoms with van der Waals surface area (Å²) in [4.78, 5) is 16.9. The van der Waals surface area contributed by atoms with Crippen molar-refractivity contribution in [2.75, 3.05) is 0 Å². The van der Waals surface area contributed by atoms with Gasteiger partial charge in [0.15, 0.2) is 25.0 Å². The normalized spacial score (nSPS) is 17.7. The molecule has 55 heavy (non-hydrogen) atoms. The highest BCUT2D eigenvalue weighted by Gasteiger charge is 2.46. The number of carboxylic acids is 1. The molecule has 1 N–H and O–H groups in total. The Balaban J connectivity index is 3.39. The summed E-state index contributed by atoms with van der Waals surface area (Å²) < 4.78 is 20.7. The summed E-state index contributed by atoms with van der Waals surface area (Å²) >= 11 is 3.50. The molecule has 1 heterocycles. The van der Waals surface area contributed by atoms with Crippen LogP contribution in [0, 0.1) is 12.8 Å². The van der Waals surface area contributed by atoms with Crippen LogP contribution in [0.4, 0.5) is 0 Å². The van der Waals surface area contributed by atoms with Gasteiger partial charge < -0.3 is 18.4 Å². The highest BCUT2D eigenvalue weighted by Crippen LogP contribution is 2.46. The first-order chi connectivity index (χ1) is 24.5. The zero-order chi connectivity index (χ0) is 43.2. The van der Waals surface area contributed by atoms with Crippen LogP contribution in [0.3, 0.4) is 0 Å². The number of rotatable bonds is 20. The molecule has 0 aliphatic rings. The van der Waals surface area contributed by atoms with Crippen LogP contribution in [0.5, 0.6) is 0 Å². The van der Waals surface area contributed by atoms with E-state index in [4.69, 9.17) is 18.3 Å². The number of thiazole rings is 1. The second-order valence-corrected chi connectivity index (χ2v) is 38.4. The van der Waals surface area contributed by atoms with Crippen LogP contribution < -0.4 is 0 Å². The standard InChI is InChI=1S/C44H83NO5S2Si3/c1-31(26-27-37(48-53(17,18)41(6,7)8)33(3)28-36-30-51-35(5)45-36)24-23-25-32(2)40(50-55(21,22)43(12,13)14)34(4)52-44(15,16)38(29-39(46)47)49-54(19,20)42(9,10)11/h23,25-26,28,30,32,34,37-38,40H,24,27,29H2,1-22H3,(H,46,47)/t32-,34+,37-,38?,40-/m0/s1. The van der Waals surface area contributed by atoms with Crippen LogP contribution in [0.15, 0.2) is 34.8 Å². The van der Waals surface area contributed by atoms with Crippen LogP contribution in [-0.2, 0) is 18.1 Å². The molecule has 1 unspecified atom stereocenters. The molecule has 0 bridgehead atoms. The van der Waals surface area contributed by atoms with Gasteiger partial charge in [0.2, 0.25) is 0 Å². The van der Waals surface area contributed by atoms with Crippen LogP contribution >= 0.6 is 23.1 Å². The summed E-state index contributed by atoms with van der Waals surface area (Å²) in [6.07, 6.45) is 10.4. The van der Waals surface area contributed by atoms with Gasteiger partial charge in [-0.05, 0) is 114 Å². The maximum atomic E-state index is 12.2. The predicted molar refractivity (Wildman–Crippen MR) is 251 cm³/mol. The van der Waals surface area contributed by atoms with E-state index in [1.165, 1.54) is 11.1 Å². The third kappa shape index (κ3) is 16.4. The number of hydrogen-bond donors (Lipinski definition) is 1. The Morgan fingerprint density at radius 1 is 0.855 bits per heavy atom. The lowest BCUT2D eigenvalue weighted by Gasteiger charge is -2.46.